The van der Waals surface area contributed by atoms with Crippen LogP contribution in [0.15, 0.2) is 10.8 Å². The van der Waals surface area contributed by atoms with Gasteiger partial charge in [0.1, 0.15) is 11.1 Å². The van der Waals surface area contributed by atoms with Gasteiger partial charge in [-0.25, -0.2) is 4.98 Å². The first-order valence-electron chi connectivity index (χ1n) is 6.16. The number of carbonyl (C=O) groups is 1. The molecule has 0 aliphatic heterocycles. The predicted octanol–water partition coefficient (Wildman–Crippen LogP) is 3.20. The van der Waals surface area contributed by atoms with E-state index in [1.54, 1.807) is 0 Å². The van der Waals surface area contributed by atoms with Crippen molar-refractivity contribution in [3.63, 3.8) is 0 Å². The van der Waals surface area contributed by atoms with Crippen molar-refractivity contribution in [2.24, 2.45) is 5.92 Å². The standard InChI is InChI=1S/C13H17N3O2S/c1-7(2)5-10-11(19-9(4)14-10)13(17)15-12-8(3)6-18-16-12/h6-7H,5H2,1-4H3,(H,15,16,17). The van der Waals surface area contributed by atoms with E-state index in [0.717, 1.165) is 22.7 Å². The van der Waals surface area contributed by atoms with Gasteiger partial charge in [0.15, 0.2) is 5.82 Å². The first kappa shape index (κ1) is 13.7. The molecule has 2 aromatic heterocycles. The molecule has 5 nitrogen and oxygen atoms in total. The van der Waals surface area contributed by atoms with E-state index in [0.29, 0.717) is 16.6 Å². The van der Waals surface area contributed by atoms with E-state index in [-0.39, 0.29) is 5.91 Å². The van der Waals surface area contributed by atoms with Gasteiger partial charge in [-0.3, -0.25) is 4.79 Å². The van der Waals surface area contributed by atoms with Crippen LogP contribution < -0.4 is 5.32 Å². The summed E-state index contributed by atoms with van der Waals surface area (Å²) >= 11 is 1.41. The summed E-state index contributed by atoms with van der Waals surface area (Å²) in [7, 11) is 0. The summed E-state index contributed by atoms with van der Waals surface area (Å²) < 4.78 is 4.81. The van der Waals surface area contributed by atoms with Gasteiger partial charge in [0.2, 0.25) is 0 Å². The van der Waals surface area contributed by atoms with Gasteiger partial charge < -0.3 is 9.84 Å². The number of hydrogen-bond acceptors (Lipinski definition) is 5. The van der Waals surface area contributed by atoms with Crippen molar-refractivity contribution < 1.29 is 9.32 Å². The number of nitrogens with zero attached hydrogens (tertiary/aromatic N) is 2. The van der Waals surface area contributed by atoms with Crippen LogP contribution in [0.5, 0.6) is 0 Å². The lowest BCUT2D eigenvalue weighted by molar-refractivity contribution is 0.102. The summed E-state index contributed by atoms with van der Waals surface area (Å²) in [6.45, 7) is 7.96. The highest BCUT2D eigenvalue weighted by atomic mass is 32.1. The Morgan fingerprint density at radius 1 is 1.47 bits per heavy atom. The molecule has 0 bridgehead atoms. The first-order chi connectivity index (χ1) is 8.97. The quantitative estimate of drug-likeness (QED) is 0.933. The van der Waals surface area contributed by atoms with Gasteiger partial charge in [-0.1, -0.05) is 19.0 Å². The maximum absolute atomic E-state index is 12.3. The van der Waals surface area contributed by atoms with Crippen LogP contribution >= 0.6 is 11.3 Å². The second kappa shape index (κ2) is 5.52. The molecule has 0 aliphatic rings. The molecule has 0 atom stereocenters. The second-order valence-corrected chi connectivity index (χ2v) is 6.11. The second-order valence-electron chi connectivity index (χ2n) is 4.91. The van der Waals surface area contributed by atoms with Gasteiger partial charge in [0, 0.05) is 5.56 Å². The zero-order chi connectivity index (χ0) is 14.0. The molecule has 2 heterocycles. The van der Waals surface area contributed by atoms with E-state index in [1.165, 1.54) is 17.6 Å². The molecule has 102 valence electrons. The molecule has 0 aliphatic carbocycles. The van der Waals surface area contributed by atoms with Crippen LogP contribution in [0.3, 0.4) is 0 Å². The Morgan fingerprint density at radius 2 is 2.21 bits per heavy atom. The Bertz CT molecular complexity index is 586. The maximum Gasteiger partial charge on any atom is 0.268 e. The van der Waals surface area contributed by atoms with Gasteiger partial charge in [-0.2, -0.15) is 0 Å². The largest absolute Gasteiger partial charge is 0.362 e. The molecule has 1 amide bonds. The van der Waals surface area contributed by atoms with Crippen molar-refractivity contribution in [1.29, 1.82) is 0 Å². The minimum absolute atomic E-state index is 0.168. The summed E-state index contributed by atoms with van der Waals surface area (Å²) in [5.41, 5.74) is 1.66. The molecule has 2 rings (SSSR count). The summed E-state index contributed by atoms with van der Waals surface area (Å²) in [6, 6.07) is 0. The van der Waals surface area contributed by atoms with Gasteiger partial charge in [-0.15, -0.1) is 11.3 Å². The van der Waals surface area contributed by atoms with E-state index in [9.17, 15) is 4.79 Å². The molecular weight excluding hydrogens is 262 g/mol. The van der Waals surface area contributed by atoms with E-state index in [2.05, 4.69) is 29.3 Å². The molecule has 0 radical (unpaired) electrons. The van der Waals surface area contributed by atoms with Crippen molar-refractivity contribution in [2.75, 3.05) is 5.32 Å². The molecule has 0 spiro atoms. The van der Waals surface area contributed by atoms with Crippen LogP contribution in [0.2, 0.25) is 0 Å². The van der Waals surface area contributed by atoms with Crippen LogP contribution in [0.25, 0.3) is 0 Å². The van der Waals surface area contributed by atoms with Crippen LogP contribution in [-0.4, -0.2) is 16.0 Å². The molecule has 19 heavy (non-hydrogen) atoms. The minimum atomic E-state index is -0.168. The van der Waals surface area contributed by atoms with E-state index < -0.39 is 0 Å². The summed E-state index contributed by atoms with van der Waals surface area (Å²) in [4.78, 5) is 17.4. The number of nitrogens with one attached hydrogen (secondary N) is 1. The third-order valence-corrected chi connectivity index (χ3v) is 3.60. The SMILES string of the molecule is Cc1nc(CC(C)C)c(C(=O)Nc2nocc2C)s1. The molecule has 0 aromatic carbocycles. The Morgan fingerprint density at radius 3 is 2.79 bits per heavy atom. The highest BCUT2D eigenvalue weighted by Crippen LogP contribution is 2.22. The molecule has 1 N–H and O–H groups in total. The molecule has 0 unspecified atom stereocenters. The van der Waals surface area contributed by atoms with Crippen LogP contribution in [-0.2, 0) is 6.42 Å². The highest BCUT2D eigenvalue weighted by Gasteiger charge is 2.19. The molecule has 0 saturated heterocycles. The zero-order valence-corrected chi connectivity index (χ0v) is 12.3. The van der Waals surface area contributed by atoms with Gasteiger partial charge >= 0.3 is 0 Å². The Labute approximate surface area is 116 Å². The van der Waals surface area contributed by atoms with Crippen molar-refractivity contribution in [3.8, 4) is 0 Å². The van der Waals surface area contributed by atoms with Gasteiger partial charge in [-0.05, 0) is 26.2 Å². The zero-order valence-electron chi connectivity index (χ0n) is 11.5. The Kier molecular flexibility index (Phi) is 3.99. The lowest BCUT2D eigenvalue weighted by atomic mass is 10.1. The van der Waals surface area contributed by atoms with E-state index in [1.807, 2.05) is 13.8 Å². The van der Waals surface area contributed by atoms with Gasteiger partial charge in [0.25, 0.3) is 5.91 Å². The lowest BCUT2D eigenvalue weighted by Crippen LogP contribution is -2.14. The normalized spacial score (nSPS) is 11.0. The van der Waals surface area contributed by atoms with E-state index >= 15 is 0 Å². The molecule has 0 saturated carbocycles. The number of aromatic nitrogens is 2. The highest BCUT2D eigenvalue weighted by molar-refractivity contribution is 7.13. The number of anilines is 1. The summed E-state index contributed by atoms with van der Waals surface area (Å²) in [5, 5.41) is 7.42. The number of rotatable bonds is 4. The van der Waals surface area contributed by atoms with Crippen molar-refractivity contribution in [2.45, 2.75) is 34.1 Å². The van der Waals surface area contributed by atoms with Crippen molar-refractivity contribution in [3.05, 3.63) is 27.4 Å². The Hall–Kier alpha value is -1.69. The molecule has 6 heteroatoms. The molecular formula is C13H17N3O2S. The monoisotopic (exact) mass is 279 g/mol. The lowest BCUT2D eigenvalue weighted by Gasteiger charge is -2.05. The smallest absolute Gasteiger partial charge is 0.268 e. The summed E-state index contributed by atoms with van der Waals surface area (Å²) in [6.07, 6.45) is 2.30. The topological polar surface area (TPSA) is 68.0 Å². The molecule has 0 fully saturated rings. The van der Waals surface area contributed by atoms with Crippen molar-refractivity contribution >= 4 is 23.1 Å². The number of thiazole rings is 1. The molecule has 2 aromatic rings. The average molecular weight is 279 g/mol. The average Bonchev–Trinajstić information content (AvgIpc) is 2.85. The van der Waals surface area contributed by atoms with Crippen LogP contribution in [0.4, 0.5) is 5.82 Å². The number of aryl methyl sites for hydroxylation is 2. The fraction of sp³-hybridized carbons (Fsp3) is 0.462. The fourth-order valence-corrected chi connectivity index (χ4v) is 2.59. The number of hydrogen-bond donors (Lipinski definition) is 1. The number of amides is 1. The van der Waals surface area contributed by atoms with Gasteiger partial charge in [0.05, 0.1) is 10.7 Å². The number of carbonyl (C=O) groups excluding carboxylic acids is 1. The third-order valence-electron chi connectivity index (χ3n) is 2.59. The first-order valence-corrected chi connectivity index (χ1v) is 6.97. The van der Waals surface area contributed by atoms with E-state index in [4.69, 9.17) is 4.52 Å². The maximum atomic E-state index is 12.3. The fourth-order valence-electron chi connectivity index (χ4n) is 1.74. The third kappa shape index (κ3) is 3.20. The van der Waals surface area contributed by atoms with Crippen LogP contribution in [0, 0.1) is 19.8 Å². The predicted molar refractivity (Wildman–Crippen MR) is 74.6 cm³/mol. The van der Waals surface area contributed by atoms with Crippen molar-refractivity contribution in [1.82, 2.24) is 10.1 Å². The summed E-state index contributed by atoms with van der Waals surface area (Å²) in [5.74, 6) is 0.756. The minimum Gasteiger partial charge on any atom is -0.362 e. The Balaban J connectivity index is 2.21. The van der Waals surface area contributed by atoms with Crippen LogP contribution in [0.1, 0.15) is 39.8 Å².